The first kappa shape index (κ1) is 20.7. The van der Waals surface area contributed by atoms with Crippen molar-refractivity contribution >= 4 is 41.8 Å². The van der Waals surface area contributed by atoms with Gasteiger partial charge in [-0.25, -0.2) is 4.98 Å². The highest BCUT2D eigenvalue weighted by atomic mass is 35.5. The Hall–Kier alpha value is -1.30. The lowest BCUT2D eigenvalue weighted by Gasteiger charge is -2.26. The zero-order valence-corrected chi connectivity index (χ0v) is 15.7. The van der Waals surface area contributed by atoms with Crippen LogP contribution in [0.5, 0.6) is 0 Å². The molecule has 24 heavy (non-hydrogen) atoms. The van der Waals surface area contributed by atoms with Gasteiger partial charge in [-0.2, -0.15) is 0 Å². The number of imidazole rings is 1. The lowest BCUT2D eigenvalue weighted by molar-refractivity contribution is -0.126. The number of carbonyl (C=O) groups excluding carboxylic acids is 1. The van der Waals surface area contributed by atoms with Gasteiger partial charge in [0.2, 0.25) is 5.91 Å². The molecule has 1 aromatic carbocycles. The molecule has 1 amide bonds. The molecule has 5 nitrogen and oxygen atoms in total. The molecule has 3 N–H and O–H groups in total. The number of aromatic nitrogens is 2. The van der Waals surface area contributed by atoms with Gasteiger partial charge in [-0.3, -0.25) is 4.79 Å². The number of carbonyl (C=O) groups is 1. The molecule has 2 aromatic rings. The van der Waals surface area contributed by atoms with Crippen molar-refractivity contribution < 1.29 is 4.79 Å². The number of amides is 1. The van der Waals surface area contributed by atoms with E-state index in [9.17, 15) is 4.79 Å². The third kappa shape index (κ3) is 4.62. The summed E-state index contributed by atoms with van der Waals surface area (Å²) in [7, 11) is 0. The SMILES string of the molecule is CC(C)C(NC(=O)C1CCNCC1)c1nc2ccccc2[nH]1.Cl.Cl. The van der Waals surface area contributed by atoms with E-state index in [2.05, 4.69) is 34.4 Å². The smallest absolute Gasteiger partial charge is 0.223 e. The zero-order valence-electron chi connectivity index (χ0n) is 14.0. The van der Waals surface area contributed by atoms with Crippen LogP contribution in [0.25, 0.3) is 11.0 Å². The van der Waals surface area contributed by atoms with Crippen molar-refractivity contribution in [2.24, 2.45) is 11.8 Å². The van der Waals surface area contributed by atoms with Crippen LogP contribution in [0.4, 0.5) is 0 Å². The van der Waals surface area contributed by atoms with E-state index in [-0.39, 0.29) is 48.6 Å². The molecule has 1 saturated heterocycles. The number of aromatic amines is 1. The third-order valence-electron chi connectivity index (χ3n) is 4.38. The molecule has 0 bridgehead atoms. The van der Waals surface area contributed by atoms with Crippen molar-refractivity contribution in [1.29, 1.82) is 0 Å². The number of para-hydroxylation sites is 2. The van der Waals surface area contributed by atoms with Crippen LogP contribution in [0.2, 0.25) is 0 Å². The topological polar surface area (TPSA) is 69.8 Å². The first-order valence-corrected chi connectivity index (χ1v) is 8.11. The first-order chi connectivity index (χ1) is 10.6. The lowest BCUT2D eigenvalue weighted by atomic mass is 9.95. The van der Waals surface area contributed by atoms with Gasteiger partial charge in [0, 0.05) is 5.92 Å². The normalized spacial score (nSPS) is 16.3. The quantitative estimate of drug-likeness (QED) is 0.771. The number of nitrogens with zero attached hydrogens (tertiary/aromatic N) is 1. The molecule has 134 valence electrons. The predicted molar refractivity (Wildman–Crippen MR) is 102 cm³/mol. The Morgan fingerprint density at radius 1 is 1.21 bits per heavy atom. The summed E-state index contributed by atoms with van der Waals surface area (Å²) in [5.41, 5.74) is 1.96. The van der Waals surface area contributed by atoms with Gasteiger partial charge in [0.25, 0.3) is 0 Å². The summed E-state index contributed by atoms with van der Waals surface area (Å²) in [5, 5.41) is 6.50. The fraction of sp³-hybridized carbons (Fsp3) is 0.529. The van der Waals surface area contributed by atoms with E-state index >= 15 is 0 Å². The molecule has 1 aliphatic heterocycles. The van der Waals surface area contributed by atoms with Crippen molar-refractivity contribution in [3.63, 3.8) is 0 Å². The van der Waals surface area contributed by atoms with E-state index in [0.717, 1.165) is 42.8 Å². The number of hydrogen-bond acceptors (Lipinski definition) is 3. The number of nitrogens with one attached hydrogen (secondary N) is 3. The summed E-state index contributed by atoms with van der Waals surface area (Å²) in [5.74, 6) is 1.40. The Morgan fingerprint density at radius 2 is 1.88 bits per heavy atom. The van der Waals surface area contributed by atoms with E-state index in [4.69, 9.17) is 0 Å². The molecule has 0 spiro atoms. The number of benzene rings is 1. The van der Waals surface area contributed by atoms with Crippen LogP contribution in [0.15, 0.2) is 24.3 Å². The summed E-state index contributed by atoms with van der Waals surface area (Å²) in [6, 6.07) is 7.89. The fourth-order valence-corrected chi connectivity index (χ4v) is 3.03. The summed E-state index contributed by atoms with van der Waals surface area (Å²) < 4.78 is 0. The van der Waals surface area contributed by atoms with Crippen molar-refractivity contribution in [3.8, 4) is 0 Å². The second kappa shape index (κ2) is 9.25. The van der Waals surface area contributed by atoms with Gasteiger partial charge < -0.3 is 15.6 Å². The van der Waals surface area contributed by atoms with Crippen molar-refractivity contribution in [1.82, 2.24) is 20.6 Å². The monoisotopic (exact) mass is 372 g/mol. The Morgan fingerprint density at radius 3 is 2.50 bits per heavy atom. The van der Waals surface area contributed by atoms with Gasteiger partial charge in [-0.1, -0.05) is 26.0 Å². The molecule has 0 saturated carbocycles. The minimum absolute atomic E-state index is 0. The van der Waals surface area contributed by atoms with Gasteiger partial charge in [0.15, 0.2) is 0 Å². The number of hydrogen-bond donors (Lipinski definition) is 3. The molecule has 1 atom stereocenters. The van der Waals surface area contributed by atoms with Crippen LogP contribution in [0, 0.1) is 11.8 Å². The van der Waals surface area contributed by atoms with Crippen molar-refractivity contribution in [2.75, 3.05) is 13.1 Å². The minimum atomic E-state index is -0.0743. The minimum Gasteiger partial charge on any atom is -0.346 e. The largest absolute Gasteiger partial charge is 0.346 e. The molecular weight excluding hydrogens is 347 g/mol. The Bertz CT molecular complexity index is 620. The predicted octanol–water partition coefficient (Wildman–Crippen LogP) is 3.22. The average molecular weight is 373 g/mol. The van der Waals surface area contributed by atoms with Gasteiger partial charge >= 0.3 is 0 Å². The van der Waals surface area contributed by atoms with Crippen molar-refractivity contribution in [3.05, 3.63) is 30.1 Å². The maximum Gasteiger partial charge on any atom is 0.223 e. The van der Waals surface area contributed by atoms with Gasteiger partial charge in [-0.15, -0.1) is 24.8 Å². The highest BCUT2D eigenvalue weighted by molar-refractivity contribution is 5.85. The molecule has 0 aliphatic carbocycles. The molecule has 3 rings (SSSR count). The third-order valence-corrected chi connectivity index (χ3v) is 4.38. The number of H-pyrrole nitrogens is 1. The first-order valence-electron chi connectivity index (χ1n) is 8.11. The number of fused-ring (bicyclic) bond motifs is 1. The number of piperidine rings is 1. The van der Waals surface area contributed by atoms with Crippen LogP contribution < -0.4 is 10.6 Å². The molecule has 7 heteroatoms. The highest BCUT2D eigenvalue weighted by Gasteiger charge is 2.27. The van der Waals surface area contributed by atoms with E-state index in [1.807, 2.05) is 24.3 Å². The van der Waals surface area contributed by atoms with E-state index in [1.165, 1.54) is 0 Å². The summed E-state index contributed by atoms with van der Waals surface area (Å²) >= 11 is 0. The molecular formula is C17H26Cl2N4O. The number of halogens is 2. The van der Waals surface area contributed by atoms with E-state index in [1.54, 1.807) is 0 Å². The summed E-state index contributed by atoms with van der Waals surface area (Å²) in [6.07, 6.45) is 1.83. The van der Waals surface area contributed by atoms with Crippen LogP contribution >= 0.6 is 24.8 Å². The summed E-state index contributed by atoms with van der Waals surface area (Å²) in [6.45, 7) is 6.07. The molecule has 1 fully saturated rings. The second-order valence-electron chi connectivity index (χ2n) is 6.39. The van der Waals surface area contributed by atoms with Gasteiger partial charge in [-0.05, 0) is 44.0 Å². The molecule has 0 radical (unpaired) electrons. The lowest BCUT2D eigenvalue weighted by Crippen LogP contribution is -2.41. The van der Waals surface area contributed by atoms with Crippen LogP contribution in [-0.2, 0) is 4.79 Å². The van der Waals surface area contributed by atoms with Crippen LogP contribution in [-0.4, -0.2) is 29.0 Å². The Balaban J connectivity index is 0.00000144. The molecule has 2 heterocycles. The number of rotatable bonds is 4. The molecule has 1 unspecified atom stereocenters. The van der Waals surface area contributed by atoms with Gasteiger partial charge in [0.1, 0.15) is 5.82 Å². The average Bonchev–Trinajstić information content (AvgIpc) is 2.96. The highest BCUT2D eigenvalue weighted by Crippen LogP contribution is 2.23. The summed E-state index contributed by atoms with van der Waals surface area (Å²) in [4.78, 5) is 20.5. The van der Waals surface area contributed by atoms with E-state index in [0.29, 0.717) is 0 Å². The van der Waals surface area contributed by atoms with E-state index < -0.39 is 0 Å². The molecule has 1 aromatic heterocycles. The Labute approximate surface area is 155 Å². The van der Waals surface area contributed by atoms with Crippen molar-refractivity contribution in [2.45, 2.75) is 32.7 Å². The zero-order chi connectivity index (χ0) is 15.5. The molecule has 1 aliphatic rings. The standard InChI is InChI=1S/C17H24N4O.2ClH/c1-11(2)15(21-17(22)12-7-9-18-10-8-12)16-19-13-5-3-4-6-14(13)20-16;;/h3-6,11-12,15,18H,7-10H2,1-2H3,(H,19,20)(H,21,22);2*1H. The fourth-order valence-electron chi connectivity index (χ4n) is 3.03. The maximum atomic E-state index is 12.5. The Kier molecular flexibility index (Phi) is 8.00. The van der Waals surface area contributed by atoms with Gasteiger partial charge in [0.05, 0.1) is 17.1 Å². The van der Waals surface area contributed by atoms with Crippen LogP contribution in [0.1, 0.15) is 38.6 Å². The maximum absolute atomic E-state index is 12.5. The second-order valence-corrected chi connectivity index (χ2v) is 6.39. The van der Waals surface area contributed by atoms with Crippen LogP contribution in [0.3, 0.4) is 0 Å².